The van der Waals surface area contributed by atoms with Gasteiger partial charge >= 0.3 is 10.2 Å². The van der Waals surface area contributed by atoms with E-state index in [2.05, 4.69) is 14.7 Å². The van der Waals surface area contributed by atoms with Crippen LogP contribution < -0.4 is 4.72 Å². The second-order valence-corrected chi connectivity index (χ2v) is 6.30. The topological polar surface area (TPSA) is 75.2 Å². The van der Waals surface area contributed by atoms with Gasteiger partial charge in [0.25, 0.3) is 0 Å². The molecule has 1 atom stereocenters. The number of piperidine rings is 1. The summed E-state index contributed by atoms with van der Waals surface area (Å²) >= 11 is 5.67. The zero-order chi connectivity index (χ0) is 13.2. The van der Waals surface area contributed by atoms with Crippen molar-refractivity contribution < 1.29 is 8.42 Å². The summed E-state index contributed by atoms with van der Waals surface area (Å²) in [4.78, 5) is 7.66. The summed E-state index contributed by atoms with van der Waals surface area (Å²) in [6, 6.07) is 0.00314. The Labute approximate surface area is 112 Å². The van der Waals surface area contributed by atoms with Crippen LogP contribution in [0.4, 0.5) is 5.82 Å². The van der Waals surface area contributed by atoms with Crippen LogP contribution in [0, 0.1) is 0 Å². The van der Waals surface area contributed by atoms with Crippen LogP contribution in [-0.2, 0) is 10.2 Å². The summed E-state index contributed by atoms with van der Waals surface area (Å²) in [5.41, 5.74) is 0. The van der Waals surface area contributed by atoms with E-state index in [9.17, 15) is 8.42 Å². The summed E-state index contributed by atoms with van der Waals surface area (Å²) in [6.45, 7) is 2.44. The molecule has 2 rings (SSSR count). The molecular formula is C10H15ClN4O2S. The van der Waals surface area contributed by atoms with Crippen LogP contribution in [0.15, 0.2) is 12.4 Å². The fraction of sp³-hybridized carbons (Fsp3) is 0.600. The Morgan fingerprint density at radius 3 is 2.89 bits per heavy atom. The lowest BCUT2D eigenvalue weighted by atomic mass is 10.1. The van der Waals surface area contributed by atoms with Gasteiger partial charge in [-0.2, -0.15) is 12.7 Å². The van der Waals surface area contributed by atoms with E-state index in [-0.39, 0.29) is 17.0 Å². The molecule has 2 heterocycles. The number of hydrogen-bond donors (Lipinski definition) is 1. The first-order valence-corrected chi connectivity index (χ1v) is 7.58. The molecule has 1 aromatic heterocycles. The third-order valence-electron chi connectivity index (χ3n) is 2.89. The van der Waals surface area contributed by atoms with Crippen molar-refractivity contribution in [3.05, 3.63) is 17.5 Å². The van der Waals surface area contributed by atoms with Crippen molar-refractivity contribution >= 4 is 27.6 Å². The van der Waals surface area contributed by atoms with Gasteiger partial charge in [-0.15, -0.1) is 0 Å². The predicted octanol–water partition coefficient (Wildman–Crippen LogP) is 1.66. The van der Waals surface area contributed by atoms with Gasteiger partial charge in [-0.3, -0.25) is 9.71 Å². The zero-order valence-corrected chi connectivity index (χ0v) is 11.6. The van der Waals surface area contributed by atoms with Crippen molar-refractivity contribution in [3.8, 4) is 0 Å². The lowest BCUT2D eigenvalue weighted by Gasteiger charge is -2.32. The molecule has 6 nitrogen and oxygen atoms in total. The summed E-state index contributed by atoms with van der Waals surface area (Å²) in [6.07, 6.45) is 5.50. The van der Waals surface area contributed by atoms with E-state index in [0.29, 0.717) is 6.54 Å². The molecular weight excluding hydrogens is 276 g/mol. The maximum absolute atomic E-state index is 12.2. The molecule has 0 radical (unpaired) electrons. The highest BCUT2D eigenvalue weighted by Gasteiger charge is 2.29. The Morgan fingerprint density at radius 1 is 1.44 bits per heavy atom. The van der Waals surface area contributed by atoms with Gasteiger partial charge in [0.15, 0.2) is 5.82 Å². The minimum atomic E-state index is -3.58. The number of rotatable bonds is 3. The van der Waals surface area contributed by atoms with Gasteiger partial charge in [0, 0.05) is 12.6 Å². The van der Waals surface area contributed by atoms with E-state index in [0.717, 1.165) is 19.3 Å². The highest BCUT2D eigenvalue weighted by Crippen LogP contribution is 2.21. The minimum absolute atomic E-state index is 0.00314. The fourth-order valence-corrected chi connectivity index (χ4v) is 3.59. The van der Waals surface area contributed by atoms with Crippen molar-refractivity contribution in [1.82, 2.24) is 14.3 Å². The van der Waals surface area contributed by atoms with E-state index in [1.165, 1.54) is 16.7 Å². The molecule has 1 fully saturated rings. The first-order chi connectivity index (χ1) is 8.49. The lowest BCUT2D eigenvalue weighted by Crippen LogP contribution is -2.44. The van der Waals surface area contributed by atoms with Crippen LogP contribution in [-0.4, -0.2) is 35.3 Å². The van der Waals surface area contributed by atoms with E-state index < -0.39 is 10.2 Å². The van der Waals surface area contributed by atoms with Gasteiger partial charge in [0.05, 0.1) is 12.4 Å². The highest BCUT2D eigenvalue weighted by molar-refractivity contribution is 7.90. The Balaban J connectivity index is 2.16. The number of nitrogens with zero attached hydrogens (tertiary/aromatic N) is 3. The van der Waals surface area contributed by atoms with Crippen LogP contribution >= 0.6 is 11.6 Å². The van der Waals surface area contributed by atoms with Gasteiger partial charge in [0.1, 0.15) is 5.15 Å². The molecule has 0 saturated carbocycles. The van der Waals surface area contributed by atoms with Crippen LogP contribution in [0.3, 0.4) is 0 Å². The molecule has 1 aliphatic rings. The second-order valence-electron chi connectivity index (χ2n) is 4.29. The average Bonchev–Trinajstić information content (AvgIpc) is 2.28. The quantitative estimate of drug-likeness (QED) is 0.919. The van der Waals surface area contributed by atoms with Crippen molar-refractivity contribution in [1.29, 1.82) is 0 Å². The summed E-state index contributed by atoms with van der Waals surface area (Å²) in [5.74, 6) is 0.139. The molecule has 0 aromatic carbocycles. The normalized spacial score (nSPS) is 21.8. The largest absolute Gasteiger partial charge is 0.303 e. The lowest BCUT2D eigenvalue weighted by molar-refractivity contribution is 0.270. The molecule has 1 unspecified atom stereocenters. The molecule has 0 aliphatic carbocycles. The fourth-order valence-electron chi connectivity index (χ4n) is 2.01. The van der Waals surface area contributed by atoms with E-state index >= 15 is 0 Å². The van der Waals surface area contributed by atoms with Crippen molar-refractivity contribution in [2.75, 3.05) is 11.3 Å². The predicted molar refractivity (Wildman–Crippen MR) is 69.6 cm³/mol. The summed E-state index contributed by atoms with van der Waals surface area (Å²) < 4.78 is 28.2. The number of halogens is 1. The monoisotopic (exact) mass is 290 g/mol. The van der Waals surface area contributed by atoms with E-state index in [1.54, 1.807) is 0 Å². The number of nitrogens with one attached hydrogen (secondary N) is 1. The van der Waals surface area contributed by atoms with E-state index in [4.69, 9.17) is 11.6 Å². The average molecular weight is 291 g/mol. The number of anilines is 1. The molecule has 0 bridgehead atoms. The third-order valence-corrected chi connectivity index (χ3v) is 4.70. The second kappa shape index (κ2) is 5.38. The first kappa shape index (κ1) is 13.5. The van der Waals surface area contributed by atoms with Crippen molar-refractivity contribution in [3.63, 3.8) is 0 Å². The molecule has 8 heteroatoms. The van der Waals surface area contributed by atoms with Crippen molar-refractivity contribution in [2.24, 2.45) is 0 Å². The SMILES string of the molecule is CC1CCCCN1S(=O)(=O)Nc1cncc(Cl)n1. The zero-order valence-electron chi connectivity index (χ0n) is 10.0. The molecule has 100 valence electrons. The number of aromatic nitrogens is 2. The van der Waals surface area contributed by atoms with E-state index in [1.807, 2.05) is 6.92 Å². The van der Waals surface area contributed by atoms with Crippen LogP contribution in [0.1, 0.15) is 26.2 Å². The van der Waals surface area contributed by atoms with Crippen LogP contribution in [0.2, 0.25) is 5.15 Å². The molecule has 0 spiro atoms. The minimum Gasteiger partial charge on any atom is -0.258 e. The Kier molecular flexibility index (Phi) is 4.04. The maximum atomic E-state index is 12.2. The third kappa shape index (κ3) is 3.09. The molecule has 1 aromatic rings. The Morgan fingerprint density at radius 2 is 2.22 bits per heavy atom. The summed E-state index contributed by atoms with van der Waals surface area (Å²) in [7, 11) is -3.58. The van der Waals surface area contributed by atoms with Crippen LogP contribution in [0.25, 0.3) is 0 Å². The Bertz CT molecular complexity index is 522. The van der Waals surface area contributed by atoms with Gasteiger partial charge in [-0.1, -0.05) is 18.0 Å². The smallest absolute Gasteiger partial charge is 0.258 e. The van der Waals surface area contributed by atoms with Gasteiger partial charge < -0.3 is 0 Å². The Hall–Kier alpha value is -0.920. The van der Waals surface area contributed by atoms with Crippen molar-refractivity contribution in [2.45, 2.75) is 32.2 Å². The van der Waals surface area contributed by atoms with Gasteiger partial charge in [-0.05, 0) is 19.8 Å². The highest BCUT2D eigenvalue weighted by atomic mass is 35.5. The van der Waals surface area contributed by atoms with Gasteiger partial charge in [-0.25, -0.2) is 4.98 Å². The van der Waals surface area contributed by atoms with Crippen LogP contribution in [0.5, 0.6) is 0 Å². The standard InChI is InChI=1S/C10H15ClN4O2S/c1-8-4-2-3-5-15(8)18(16,17)14-10-7-12-6-9(11)13-10/h6-8H,2-5H2,1H3,(H,13,14). The first-order valence-electron chi connectivity index (χ1n) is 5.76. The maximum Gasteiger partial charge on any atom is 0.303 e. The molecule has 0 amide bonds. The number of hydrogen-bond acceptors (Lipinski definition) is 4. The molecule has 1 aliphatic heterocycles. The molecule has 1 N–H and O–H groups in total. The molecule has 18 heavy (non-hydrogen) atoms. The summed E-state index contributed by atoms with van der Waals surface area (Å²) in [5, 5.41) is 0.155. The molecule has 1 saturated heterocycles. The van der Waals surface area contributed by atoms with Gasteiger partial charge in [0.2, 0.25) is 0 Å².